The Kier molecular flexibility index (Phi) is 1.79. The van der Waals surface area contributed by atoms with Gasteiger partial charge in [-0.05, 0) is 30.3 Å². The highest BCUT2D eigenvalue weighted by Crippen LogP contribution is 2.46. The predicted octanol–water partition coefficient (Wildman–Crippen LogP) is 0.930. The van der Waals surface area contributed by atoms with Crippen LogP contribution in [0.5, 0.6) is 0 Å². The van der Waals surface area contributed by atoms with E-state index in [2.05, 4.69) is 11.4 Å². The molecule has 0 amide bonds. The molecule has 17 heavy (non-hydrogen) atoms. The summed E-state index contributed by atoms with van der Waals surface area (Å²) in [4.78, 5) is 23.7. The van der Waals surface area contributed by atoms with Crippen molar-refractivity contribution >= 4 is 5.78 Å². The summed E-state index contributed by atoms with van der Waals surface area (Å²) in [5.74, 6) is 0.963. The highest BCUT2D eigenvalue weighted by molar-refractivity contribution is 5.80. The first-order chi connectivity index (χ1) is 8.22. The van der Waals surface area contributed by atoms with Crippen LogP contribution in [0.2, 0.25) is 0 Å². The normalized spacial score (nSPS) is 39.3. The lowest BCUT2D eigenvalue weighted by Crippen LogP contribution is -2.27. The summed E-state index contributed by atoms with van der Waals surface area (Å²) in [6.45, 7) is 1.08. The lowest BCUT2D eigenvalue weighted by atomic mass is 9.84. The van der Waals surface area contributed by atoms with Crippen molar-refractivity contribution in [3.8, 4) is 0 Å². The standard InChI is InChI=1S/C13H15N2O2/c16-9-1-7-3-12-10-4-13(15(17)6-9)11(7)2-8(10)5-14-12/h4,7-8,12,14H,1-3,5-6H2/q+1. The van der Waals surface area contributed by atoms with Gasteiger partial charge in [-0.2, -0.15) is 0 Å². The van der Waals surface area contributed by atoms with Crippen LogP contribution in [0.4, 0.5) is 0 Å². The van der Waals surface area contributed by atoms with Crippen molar-refractivity contribution in [1.82, 2.24) is 5.32 Å². The molecular formula is C13H15N2O2+. The molecule has 2 heterocycles. The number of hydrogen-bond acceptors (Lipinski definition) is 3. The number of allylic oxidation sites excluding steroid dienone is 2. The fourth-order valence-electron chi connectivity index (χ4n) is 3.88. The molecule has 0 aromatic heterocycles. The van der Waals surface area contributed by atoms with E-state index in [-0.39, 0.29) is 12.3 Å². The minimum Gasteiger partial charge on any atom is -0.310 e. The number of rotatable bonds is 0. The van der Waals surface area contributed by atoms with E-state index in [4.69, 9.17) is 0 Å². The molecule has 5 rings (SSSR count). The average Bonchev–Trinajstić information content (AvgIpc) is 2.48. The molecule has 0 aromatic carbocycles. The number of carbonyl (C=O) groups is 1. The van der Waals surface area contributed by atoms with Gasteiger partial charge >= 0.3 is 0 Å². The summed E-state index contributed by atoms with van der Waals surface area (Å²) in [5.41, 5.74) is 3.46. The van der Waals surface area contributed by atoms with Crippen LogP contribution in [-0.4, -0.2) is 29.7 Å². The van der Waals surface area contributed by atoms with Crippen molar-refractivity contribution in [2.75, 3.05) is 13.1 Å². The zero-order chi connectivity index (χ0) is 11.6. The molecule has 3 aliphatic carbocycles. The third kappa shape index (κ3) is 1.24. The molecule has 0 radical (unpaired) electrons. The summed E-state index contributed by atoms with van der Waals surface area (Å²) in [6.07, 6.45) is 4.62. The summed E-state index contributed by atoms with van der Waals surface area (Å²) < 4.78 is 0.918. The van der Waals surface area contributed by atoms with Gasteiger partial charge in [-0.25, -0.2) is 0 Å². The maximum Gasteiger partial charge on any atom is 0.256 e. The van der Waals surface area contributed by atoms with Gasteiger partial charge in [-0.1, -0.05) is 0 Å². The number of hydrogen-bond donors (Lipinski definition) is 1. The Morgan fingerprint density at radius 2 is 2.18 bits per heavy atom. The van der Waals surface area contributed by atoms with E-state index in [9.17, 15) is 9.70 Å². The Labute approximate surface area is 99.3 Å². The maximum absolute atomic E-state index is 12.0. The molecule has 2 aliphatic heterocycles. The number of nitrogens with zero attached hydrogens (tertiary/aromatic N) is 1. The Hall–Kier alpha value is -1.29. The number of carbonyl (C=O) groups excluding carboxylic acids is 1. The van der Waals surface area contributed by atoms with Crippen LogP contribution >= 0.6 is 0 Å². The van der Waals surface area contributed by atoms with Gasteiger partial charge in [0.15, 0.2) is 0 Å². The van der Waals surface area contributed by atoms with E-state index in [0.29, 0.717) is 24.3 Å². The largest absolute Gasteiger partial charge is 0.310 e. The third-order valence-corrected chi connectivity index (χ3v) is 4.66. The molecule has 1 saturated heterocycles. The van der Waals surface area contributed by atoms with Gasteiger partial charge in [-0.15, -0.1) is 0 Å². The van der Waals surface area contributed by atoms with Gasteiger partial charge in [0, 0.05) is 40.3 Å². The van der Waals surface area contributed by atoms with Gasteiger partial charge in [-0.3, -0.25) is 4.79 Å². The van der Waals surface area contributed by atoms with Crippen molar-refractivity contribution in [3.05, 3.63) is 27.8 Å². The molecule has 3 unspecified atom stereocenters. The molecule has 1 saturated carbocycles. The molecule has 3 atom stereocenters. The zero-order valence-corrected chi connectivity index (χ0v) is 9.61. The third-order valence-electron chi connectivity index (χ3n) is 4.66. The van der Waals surface area contributed by atoms with Crippen LogP contribution in [0.25, 0.3) is 0 Å². The van der Waals surface area contributed by atoms with Crippen molar-refractivity contribution in [3.63, 3.8) is 0 Å². The van der Waals surface area contributed by atoms with Gasteiger partial charge in [0.1, 0.15) is 0 Å². The van der Waals surface area contributed by atoms with Crippen LogP contribution in [-0.2, 0) is 4.79 Å². The van der Waals surface area contributed by atoms with Crippen molar-refractivity contribution in [1.29, 1.82) is 0 Å². The quantitative estimate of drug-likeness (QED) is 0.631. The molecule has 88 valence electrons. The minimum atomic E-state index is 0.0435. The van der Waals surface area contributed by atoms with Crippen molar-refractivity contribution in [2.45, 2.75) is 25.3 Å². The average molecular weight is 231 g/mol. The van der Waals surface area contributed by atoms with Crippen LogP contribution < -0.4 is 5.32 Å². The molecule has 0 aromatic rings. The van der Waals surface area contributed by atoms with E-state index in [0.717, 1.165) is 29.8 Å². The van der Waals surface area contributed by atoms with Crippen LogP contribution in [0, 0.1) is 16.7 Å². The molecule has 0 spiro atoms. The molecule has 4 heteroatoms. The Morgan fingerprint density at radius 3 is 3.06 bits per heavy atom. The molecule has 5 aliphatic rings. The number of Topliss-reactive ketones (excluding diaryl/α,β-unsaturated/α-hetero) is 1. The molecule has 1 N–H and O–H groups in total. The van der Waals surface area contributed by atoms with Crippen molar-refractivity contribution in [2.24, 2.45) is 11.8 Å². The smallest absolute Gasteiger partial charge is 0.256 e. The summed E-state index contributed by atoms with van der Waals surface area (Å²) in [7, 11) is 0. The van der Waals surface area contributed by atoms with Gasteiger partial charge in [0.2, 0.25) is 5.78 Å². The SMILES string of the molecule is O=C1CC2CC3NCC4CC2=C(C=C43)[N+](=O)C1. The number of nitrogens with one attached hydrogen (secondary N) is 1. The topological polar surface area (TPSA) is 49.2 Å². The zero-order valence-electron chi connectivity index (χ0n) is 9.61. The number of ketones is 1. The van der Waals surface area contributed by atoms with Gasteiger partial charge in [0.05, 0.1) is 0 Å². The summed E-state index contributed by atoms with van der Waals surface area (Å²) in [5, 5.41) is 3.52. The second-order valence-corrected chi connectivity index (χ2v) is 5.63. The first-order valence-electron chi connectivity index (χ1n) is 6.36. The second kappa shape index (κ2) is 3.13. The van der Waals surface area contributed by atoms with Crippen molar-refractivity contribution < 1.29 is 9.55 Å². The van der Waals surface area contributed by atoms with E-state index in [1.165, 1.54) is 11.1 Å². The molecular weight excluding hydrogens is 216 g/mol. The van der Waals surface area contributed by atoms with Gasteiger partial charge in [0.25, 0.3) is 12.2 Å². The first kappa shape index (κ1) is 9.71. The Bertz CT molecular complexity index is 504. The highest BCUT2D eigenvalue weighted by Gasteiger charge is 2.47. The van der Waals surface area contributed by atoms with Gasteiger partial charge < -0.3 is 5.32 Å². The van der Waals surface area contributed by atoms with Crippen LogP contribution in [0.1, 0.15) is 19.3 Å². The van der Waals surface area contributed by atoms with E-state index in [1.807, 2.05) is 0 Å². The highest BCUT2D eigenvalue weighted by atomic mass is 16.3. The van der Waals surface area contributed by atoms with E-state index >= 15 is 0 Å². The monoisotopic (exact) mass is 231 g/mol. The van der Waals surface area contributed by atoms with E-state index in [1.54, 1.807) is 0 Å². The Morgan fingerprint density at radius 1 is 1.29 bits per heavy atom. The first-order valence-corrected chi connectivity index (χ1v) is 6.36. The lowest BCUT2D eigenvalue weighted by Gasteiger charge is -2.19. The molecule has 6 bridgehead atoms. The summed E-state index contributed by atoms with van der Waals surface area (Å²) >= 11 is 0. The Balaban J connectivity index is 1.89. The second-order valence-electron chi connectivity index (χ2n) is 5.63. The van der Waals surface area contributed by atoms with Crippen LogP contribution in [0.3, 0.4) is 0 Å². The maximum atomic E-state index is 12.0. The fraction of sp³-hybridized carbons (Fsp3) is 0.615. The molecule has 2 fully saturated rings. The summed E-state index contributed by atoms with van der Waals surface area (Å²) in [6, 6.07) is 0.402. The van der Waals surface area contributed by atoms with Crippen LogP contribution in [0.15, 0.2) is 22.9 Å². The number of nitroso groups, excluding NO2 is 1. The fourth-order valence-corrected chi connectivity index (χ4v) is 3.88. The predicted molar refractivity (Wildman–Crippen MR) is 61.2 cm³/mol. The molecule has 4 nitrogen and oxygen atoms in total. The van der Waals surface area contributed by atoms with E-state index < -0.39 is 0 Å². The minimum absolute atomic E-state index is 0.0435. The lowest BCUT2D eigenvalue weighted by molar-refractivity contribution is -0.482.